The molecule has 1 aliphatic rings. The summed E-state index contributed by atoms with van der Waals surface area (Å²) in [5, 5.41) is 18.2. The van der Waals surface area contributed by atoms with Gasteiger partial charge < -0.3 is 4.74 Å². The number of carbonyl (C=O) groups excluding carboxylic acids is 1. The van der Waals surface area contributed by atoms with Gasteiger partial charge in [-0.1, -0.05) is 6.07 Å². The summed E-state index contributed by atoms with van der Waals surface area (Å²) >= 11 is 0. The number of hydrogen-bond acceptors (Lipinski definition) is 6. The fraction of sp³-hybridized carbons (Fsp3) is 0.190. The molecule has 0 saturated heterocycles. The molecule has 0 N–H and O–H groups in total. The number of halogens is 1. The van der Waals surface area contributed by atoms with Crippen LogP contribution in [0.25, 0.3) is 0 Å². The van der Waals surface area contributed by atoms with E-state index in [1.807, 2.05) is 6.07 Å². The Balaban J connectivity index is 1.83. The molecule has 0 heterocycles. The number of benzene rings is 2. The highest BCUT2D eigenvalue weighted by molar-refractivity contribution is 7.93. The van der Waals surface area contributed by atoms with E-state index in [1.54, 1.807) is 6.07 Å². The molecule has 8 heteroatoms. The third-order valence-electron chi connectivity index (χ3n) is 4.29. The Morgan fingerprint density at radius 1 is 1.24 bits per heavy atom. The van der Waals surface area contributed by atoms with E-state index in [4.69, 9.17) is 15.3 Å². The second kappa shape index (κ2) is 8.26. The normalized spacial score (nSPS) is 15.5. The molecule has 0 aromatic heterocycles. The molecule has 29 heavy (non-hydrogen) atoms. The van der Waals surface area contributed by atoms with Crippen molar-refractivity contribution in [3.8, 4) is 23.6 Å². The minimum atomic E-state index is -2.89. The van der Waals surface area contributed by atoms with E-state index < -0.39 is 15.5 Å². The molecule has 1 saturated carbocycles. The van der Waals surface area contributed by atoms with Crippen molar-refractivity contribution in [1.29, 1.82) is 10.5 Å². The molecule has 1 aliphatic carbocycles. The number of Topliss-reactive ketones (excluding diaryl/α,β-unsaturated/α-hetero) is 1. The van der Waals surface area contributed by atoms with E-state index in [0.717, 1.165) is 19.0 Å². The van der Waals surface area contributed by atoms with Crippen molar-refractivity contribution in [2.24, 2.45) is 10.3 Å². The number of rotatable bonds is 6. The van der Waals surface area contributed by atoms with Crippen molar-refractivity contribution >= 4 is 15.5 Å². The fourth-order valence-electron chi connectivity index (χ4n) is 2.51. The predicted molar refractivity (Wildman–Crippen MR) is 104 cm³/mol. The summed E-state index contributed by atoms with van der Waals surface area (Å²) in [6.45, 7) is 0. The summed E-state index contributed by atoms with van der Waals surface area (Å²) in [6, 6.07) is 13.7. The molecule has 3 rings (SSSR count). The van der Waals surface area contributed by atoms with Crippen LogP contribution in [-0.4, -0.2) is 16.2 Å². The maximum atomic E-state index is 13.7. The number of ketones is 1. The van der Waals surface area contributed by atoms with Gasteiger partial charge in [-0.25, -0.2) is 13.0 Å². The molecular weight excluding hydrogens is 393 g/mol. The third-order valence-corrected chi connectivity index (χ3v) is 5.95. The first kappa shape index (κ1) is 20.2. The lowest BCUT2D eigenvalue weighted by Gasteiger charge is -2.09. The molecule has 1 fully saturated rings. The van der Waals surface area contributed by atoms with Gasteiger partial charge in [-0.3, -0.25) is 4.79 Å². The van der Waals surface area contributed by atoms with Crippen molar-refractivity contribution in [3.05, 3.63) is 65.6 Å². The van der Waals surface area contributed by atoms with E-state index in [9.17, 15) is 13.4 Å². The Labute approximate surface area is 168 Å². The van der Waals surface area contributed by atoms with Gasteiger partial charge in [0.1, 0.15) is 40.6 Å². The monoisotopic (exact) mass is 409 g/mol. The van der Waals surface area contributed by atoms with Crippen LogP contribution in [0.3, 0.4) is 0 Å². The van der Waals surface area contributed by atoms with E-state index in [1.165, 1.54) is 48.7 Å². The molecule has 0 spiro atoms. The summed E-state index contributed by atoms with van der Waals surface area (Å²) in [5.41, 5.74) is -0.308. The van der Waals surface area contributed by atoms with Crippen molar-refractivity contribution in [2.45, 2.75) is 17.7 Å². The molecule has 2 aromatic carbocycles. The Kier molecular flexibility index (Phi) is 5.76. The summed E-state index contributed by atoms with van der Waals surface area (Å²) in [5.74, 6) is -0.677. The van der Waals surface area contributed by atoms with Crippen LogP contribution in [0, 0.1) is 34.4 Å². The summed E-state index contributed by atoms with van der Waals surface area (Å²) in [7, 11) is -2.89. The first-order valence-corrected chi connectivity index (χ1v) is 10.6. The Morgan fingerprint density at radius 3 is 2.52 bits per heavy atom. The van der Waals surface area contributed by atoms with Gasteiger partial charge in [0.15, 0.2) is 5.78 Å². The van der Waals surface area contributed by atoms with Gasteiger partial charge in [0, 0.05) is 17.1 Å². The van der Waals surface area contributed by atoms with Crippen molar-refractivity contribution < 1.29 is 18.1 Å². The van der Waals surface area contributed by atoms with Gasteiger partial charge in [0.05, 0.1) is 15.9 Å². The minimum absolute atomic E-state index is 0.0716. The van der Waals surface area contributed by atoms with Crippen LogP contribution in [0.2, 0.25) is 0 Å². The number of nitriles is 2. The van der Waals surface area contributed by atoms with Crippen LogP contribution in [0.1, 0.15) is 18.4 Å². The zero-order valence-electron chi connectivity index (χ0n) is 15.5. The summed E-state index contributed by atoms with van der Waals surface area (Å²) in [6.07, 6.45) is 4.01. The average molecular weight is 409 g/mol. The molecule has 1 atom stereocenters. The standard InChI is InChI=1S/C21H16FN3O3S/c1-29(27,25-13-15(11-23)21(26)14-5-6-14)17-9-7-16(8-10-17)28-20-4-2-3-19(22)18(20)12-24/h2-4,7-10,13-14H,5-6H2,1H3/b15-13+/t29-/m0/s1. The lowest BCUT2D eigenvalue weighted by Crippen LogP contribution is -2.03. The van der Waals surface area contributed by atoms with Crippen LogP contribution in [0.15, 0.2) is 63.5 Å². The highest BCUT2D eigenvalue weighted by Crippen LogP contribution is 2.32. The van der Waals surface area contributed by atoms with Crippen LogP contribution < -0.4 is 4.74 Å². The summed E-state index contributed by atoms with van der Waals surface area (Å²) in [4.78, 5) is 12.3. The van der Waals surface area contributed by atoms with Gasteiger partial charge in [0.2, 0.25) is 0 Å². The van der Waals surface area contributed by atoms with E-state index in [0.29, 0.717) is 10.6 Å². The molecular formula is C21H16FN3O3S. The molecule has 0 bridgehead atoms. The SMILES string of the molecule is C[S@@](=O)(=N/C=C(\C#N)C(=O)C1CC1)c1ccc(Oc2cccc(F)c2C#N)cc1. The summed E-state index contributed by atoms with van der Waals surface area (Å²) < 4.78 is 36.0. The maximum Gasteiger partial charge on any atom is 0.178 e. The lowest BCUT2D eigenvalue weighted by molar-refractivity contribution is -0.116. The molecule has 0 radical (unpaired) electrons. The largest absolute Gasteiger partial charge is 0.456 e. The first-order chi connectivity index (χ1) is 13.9. The lowest BCUT2D eigenvalue weighted by atomic mass is 10.1. The number of nitrogens with zero attached hydrogens (tertiary/aromatic N) is 3. The molecule has 2 aromatic rings. The van der Waals surface area contributed by atoms with Crippen LogP contribution in [0.5, 0.6) is 11.5 Å². The third kappa shape index (κ3) is 4.68. The molecule has 0 amide bonds. The smallest absolute Gasteiger partial charge is 0.178 e. The minimum Gasteiger partial charge on any atom is -0.456 e. The Morgan fingerprint density at radius 2 is 1.93 bits per heavy atom. The van der Waals surface area contributed by atoms with Crippen LogP contribution in [0.4, 0.5) is 4.39 Å². The quantitative estimate of drug-likeness (QED) is 0.522. The zero-order valence-corrected chi connectivity index (χ0v) is 16.3. The van der Waals surface area contributed by atoms with E-state index in [-0.39, 0.29) is 28.6 Å². The highest BCUT2D eigenvalue weighted by Gasteiger charge is 2.31. The fourth-order valence-corrected chi connectivity index (χ4v) is 3.58. The van der Waals surface area contributed by atoms with Gasteiger partial charge >= 0.3 is 0 Å². The Hall–Kier alpha value is -3.49. The van der Waals surface area contributed by atoms with Gasteiger partial charge in [-0.2, -0.15) is 10.5 Å². The average Bonchev–Trinajstić information content (AvgIpc) is 3.54. The van der Waals surface area contributed by atoms with Crippen molar-refractivity contribution in [3.63, 3.8) is 0 Å². The number of carbonyl (C=O) groups is 1. The van der Waals surface area contributed by atoms with Crippen molar-refractivity contribution in [1.82, 2.24) is 0 Å². The molecule has 6 nitrogen and oxygen atoms in total. The second-order valence-electron chi connectivity index (χ2n) is 6.50. The highest BCUT2D eigenvalue weighted by atomic mass is 32.2. The number of allylic oxidation sites excluding steroid dienone is 1. The number of ether oxygens (including phenoxy) is 1. The molecule has 0 aliphatic heterocycles. The van der Waals surface area contributed by atoms with E-state index >= 15 is 0 Å². The maximum absolute atomic E-state index is 13.7. The van der Waals surface area contributed by atoms with Crippen LogP contribution in [-0.2, 0) is 14.5 Å². The second-order valence-corrected chi connectivity index (χ2v) is 8.79. The van der Waals surface area contributed by atoms with Gasteiger partial charge in [0.25, 0.3) is 0 Å². The Bertz CT molecular complexity index is 1190. The number of hydrogen-bond donors (Lipinski definition) is 0. The topological polar surface area (TPSA) is 103 Å². The zero-order chi connectivity index (χ0) is 21.0. The van der Waals surface area contributed by atoms with Crippen molar-refractivity contribution in [2.75, 3.05) is 6.26 Å². The molecule has 146 valence electrons. The van der Waals surface area contributed by atoms with Crippen LogP contribution >= 0.6 is 0 Å². The van der Waals surface area contributed by atoms with Gasteiger partial charge in [-0.05, 0) is 49.2 Å². The van der Waals surface area contributed by atoms with Gasteiger partial charge in [-0.15, -0.1) is 0 Å². The van der Waals surface area contributed by atoms with E-state index in [2.05, 4.69) is 4.36 Å². The first-order valence-electron chi connectivity index (χ1n) is 8.68. The molecule has 0 unspecified atom stereocenters. The predicted octanol–water partition coefficient (Wildman–Crippen LogP) is 4.33.